The van der Waals surface area contributed by atoms with Crippen LogP contribution in [0.15, 0.2) is 78.9 Å². The Hall–Kier alpha value is -4.17. The first kappa shape index (κ1) is 32.2. The fourth-order valence-corrected chi connectivity index (χ4v) is 6.16. The minimum atomic E-state index is -0.634. The summed E-state index contributed by atoms with van der Waals surface area (Å²) in [5, 5.41) is 3.00. The highest BCUT2D eigenvalue weighted by atomic mass is 16.6. The topological polar surface area (TPSA) is 85.7 Å². The van der Waals surface area contributed by atoms with Gasteiger partial charge in [-0.05, 0) is 75.3 Å². The first-order chi connectivity index (χ1) is 21.7. The molecule has 2 unspecified atom stereocenters. The predicted molar refractivity (Wildman–Crippen MR) is 178 cm³/mol. The van der Waals surface area contributed by atoms with E-state index < -0.39 is 17.7 Å². The lowest BCUT2D eigenvalue weighted by Gasteiger charge is -2.34. The van der Waals surface area contributed by atoms with Gasteiger partial charge >= 0.3 is 6.09 Å². The first-order valence-electron chi connectivity index (χ1n) is 16.1. The van der Waals surface area contributed by atoms with Crippen molar-refractivity contribution in [3.63, 3.8) is 0 Å². The summed E-state index contributed by atoms with van der Waals surface area (Å²) in [5.41, 5.74) is 4.78. The Labute approximate surface area is 266 Å². The van der Waals surface area contributed by atoms with E-state index >= 15 is 0 Å². The maximum atomic E-state index is 13.8. The standard InChI is InChI=1S/C37H46N4O4/c1-37(2,3)45-36(43)38-31(24-27-17-19-29(20-18-27)28-12-6-5-7-13-28)25-34(42)40-21-10-14-30(26-40)35-39-32-15-8-9-16-33(32)41(35)22-11-23-44-4/h5-9,12-13,15-20,30-31H,10-11,14,21-26H2,1-4H3,(H,38,43). The summed E-state index contributed by atoms with van der Waals surface area (Å²) < 4.78 is 13.2. The van der Waals surface area contributed by atoms with Crippen LogP contribution >= 0.6 is 0 Å². The van der Waals surface area contributed by atoms with Gasteiger partial charge in [-0.15, -0.1) is 0 Å². The summed E-state index contributed by atoms with van der Waals surface area (Å²) in [6.07, 6.45) is 2.97. The average Bonchev–Trinajstić information content (AvgIpc) is 3.39. The zero-order valence-corrected chi connectivity index (χ0v) is 27.0. The summed E-state index contributed by atoms with van der Waals surface area (Å²) in [6, 6.07) is 26.4. The smallest absolute Gasteiger partial charge is 0.407 e. The summed E-state index contributed by atoms with van der Waals surface area (Å²) in [4.78, 5) is 33.7. The van der Waals surface area contributed by atoms with Crippen LogP contribution in [-0.2, 0) is 27.2 Å². The molecule has 1 aliphatic rings. The molecule has 3 aromatic carbocycles. The molecule has 1 aliphatic heterocycles. The lowest BCUT2D eigenvalue weighted by atomic mass is 9.95. The number of piperidine rings is 1. The molecule has 45 heavy (non-hydrogen) atoms. The fourth-order valence-electron chi connectivity index (χ4n) is 6.16. The Bertz CT molecular complexity index is 1560. The van der Waals surface area contributed by atoms with E-state index in [9.17, 15) is 9.59 Å². The van der Waals surface area contributed by atoms with E-state index in [1.807, 2.05) is 56.0 Å². The number of hydrogen-bond acceptors (Lipinski definition) is 5. The molecule has 5 rings (SSSR count). The van der Waals surface area contributed by atoms with Gasteiger partial charge in [0.25, 0.3) is 0 Å². The molecule has 0 bridgehead atoms. The van der Waals surface area contributed by atoms with Crippen molar-refractivity contribution in [2.24, 2.45) is 0 Å². The van der Waals surface area contributed by atoms with Gasteiger partial charge in [0.2, 0.25) is 5.91 Å². The van der Waals surface area contributed by atoms with Crippen LogP contribution in [-0.4, -0.2) is 64.9 Å². The molecular weight excluding hydrogens is 564 g/mol. The highest BCUT2D eigenvalue weighted by Gasteiger charge is 2.30. The minimum absolute atomic E-state index is 0.0312. The highest BCUT2D eigenvalue weighted by Crippen LogP contribution is 2.30. The Morgan fingerprint density at radius 2 is 1.69 bits per heavy atom. The van der Waals surface area contributed by atoms with Crippen LogP contribution in [0.4, 0.5) is 4.79 Å². The zero-order valence-electron chi connectivity index (χ0n) is 27.0. The molecule has 1 saturated heterocycles. The van der Waals surface area contributed by atoms with E-state index in [1.165, 1.54) is 0 Å². The molecule has 4 aromatic rings. The first-order valence-corrected chi connectivity index (χ1v) is 16.1. The summed E-state index contributed by atoms with van der Waals surface area (Å²) in [5.74, 6) is 1.20. The van der Waals surface area contributed by atoms with E-state index in [1.54, 1.807) is 7.11 Å². The van der Waals surface area contributed by atoms with E-state index in [4.69, 9.17) is 14.5 Å². The molecule has 1 fully saturated rings. The van der Waals surface area contributed by atoms with Crippen molar-refractivity contribution >= 4 is 23.0 Å². The third kappa shape index (κ3) is 8.72. The van der Waals surface area contributed by atoms with Gasteiger partial charge < -0.3 is 24.3 Å². The van der Waals surface area contributed by atoms with Gasteiger partial charge in [0.1, 0.15) is 11.4 Å². The van der Waals surface area contributed by atoms with Crippen molar-refractivity contribution in [3.05, 3.63) is 90.3 Å². The van der Waals surface area contributed by atoms with Gasteiger partial charge in [0.05, 0.1) is 11.0 Å². The molecule has 0 aliphatic carbocycles. The molecule has 1 N–H and O–H groups in total. The van der Waals surface area contributed by atoms with Gasteiger partial charge in [0.15, 0.2) is 0 Å². The lowest BCUT2D eigenvalue weighted by molar-refractivity contribution is -0.132. The Kier molecular flexibility index (Phi) is 10.6. The van der Waals surface area contributed by atoms with Crippen LogP contribution in [0.2, 0.25) is 0 Å². The van der Waals surface area contributed by atoms with Crippen LogP contribution in [0, 0.1) is 0 Å². The molecular formula is C37H46N4O4. The summed E-state index contributed by atoms with van der Waals surface area (Å²) >= 11 is 0. The monoisotopic (exact) mass is 610 g/mol. The second kappa shape index (κ2) is 14.7. The number of aryl methyl sites for hydroxylation is 1. The molecule has 2 atom stereocenters. The number of carbonyl (C=O) groups is 2. The number of imidazole rings is 1. The number of alkyl carbamates (subject to hydrolysis) is 1. The number of likely N-dealkylation sites (tertiary alicyclic amines) is 1. The third-order valence-corrected chi connectivity index (χ3v) is 8.24. The van der Waals surface area contributed by atoms with Crippen LogP contribution in [0.3, 0.4) is 0 Å². The van der Waals surface area contributed by atoms with E-state index in [2.05, 4.69) is 58.4 Å². The summed E-state index contributed by atoms with van der Waals surface area (Å²) in [7, 11) is 1.72. The maximum Gasteiger partial charge on any atom is 0.407 e. The number of benzene rings is 3. The molecule has 1 aromatic heterocycles. The van der Waals surface area contributed by atoms with Gasteiger partial charge in [-0.25, -0.2) is 9.78 Å². The number of hydrogen-bond donors (Lipinski definition) is 1. The van der Waals surface area contributed by atoms with Crippen molar-refractivity contribution in [1.29, 1.82) is 0 Å². The number of methoxy groups -OCH3 is 1. The van der Waals surface area contributed by atoms with Crippen molar-refractivity contribution < 1.29 is 19.1 Å². The van der Waals surface area contributed by atoms with Gasteiger partial charge in [-0.1, -0.05) is 66.7 Å². The second-order valence-corrected chi connectivity index (χ2v) is 12.9. The summed E-state index contributed by atoms with van der Waals surface area (Å²) in [6.45, 7) is 8.32. The van der Waals surface area contributed by atoms with E-state index in [0.717, 1.165) is 59.4 Å². The molecule has 0 saturated carbocycles. The molecule has 0 radical (unpaired) electrons. The van der Waals surface area contributed by atoms with Crippen LogP contribution < -0.4 is 5.32 Å². The fraction of sp³-hybridized carbons (Fsp3) is 0.432. The van der Waals surface area contributed by atoms with Crippen molar-refractivity contribution in [2.75, 3.05) is 26.8 Å². The number of carbonyl (C=O) groups excluding carboxylic acids is 2. The molecule has 2 heterocycles. The Morgan fingerprint density at radius 1 is 0.978 bits per heavy atom. The largest absolute Gasteiger partial charge is 0.444 e. The van der Waals surface area contributed by atoms with Gasteiger partial charge in [-0.2, -0.15) is 0 Å². The van der Waals surface area contributed by atoms with E-state index in [-0.39, 0.29) is 18.2 Å². The van der Waals surface area contributed by atoms with Crippen molar-refractivity contribution in [2.45, 2.75) is 77.0 Å². The highest BCUT2D eigenvalue weighted by molar-refractivity contribution is 5.79. The molecule has 8 heteroatoms. The average molecular weight is 611 g/mol. The molecule has 238 valence electrons. The minimum Gasteiger partial charge on any atom is -0.444 e. The zero-order chi connectivity index (χ0) is 31.8. The van der Waals surface area contributed by atoms with Crippen LogP contribution in [0.5, 0.6) is 0 Å². The van der Waals surface area contributed by atoms with Crippen LogP contribution in [0.25, 0.3) is 22.2 Å². The normalized spacial score (nSPS) is 16.0. The predicted octanol–water partition coefficient (Wildman–Crippen LogP) is 6.97. The molecule has 2 amide bonds. The second-order valence-electron chi connectivity index (χ2n) is 12.9. The van der Waals surface area contributed by atoms with Crippen molar-refractivity contribution in [3.8, 4) is 11.1 Å². The number of aromatic nitrogens is 2. The Morgan fingerprint density at radius 3 is 2.42 bits per heavy atom. The van der Waals surface area contributed by atoms with Gasteiger partial charge in [0, 0.05) is 51.7 Å². The number of fused-ring (bicyclic) bond motifs is 1. The van der Waals surface area contributed by atoms with Gasteiger partial charge in [-0.3, -0.25) is 4.79 Å². The SMILES string of the molecule is COCCCn1c(C2CCCN(C(=O)CC(Cc3ccc(-c4ccccc4)cc3)NC(=O)OC(C)(C)C)C2)nc2ccccc21. The van der Waals surface area contributed by atoms with Crippen LogP contribution in [0.1, 0.15) is 63.8 Å². The van der Waals surface area contributed by atoms with E-state index in [0.29, 0.717) is 26.1 Å². The lowest BCUT2D eigenvalue weighted by Crippen LogP contribution is -2.46. The number of ether oxygens (including phenoxy) is 2. The number of para-hydroxylation sites is 2. The van der Waals surface area contributed by atoms with Crippen molar-refractivity contribution in [1.82, 2.24) is 19.8 Å². The third-order valence-electron chi connectivity index (χ3n) is 8.24. The number of nitrogens with one attached hydrogen (secondary N) is 1. The quantitative estimate of drug-likeness (QED) is 0.185. The Balaban J connectivity index is 1.30. The number of rotatable bonds is 11. The number of amides is 2. The molecule has 0 spiro atoms. The number of nitrogens with zero attached hydrogens (tertiary/aromatic N) is 3. The maximum absolute atomic E-state index is 13.8. The molecule has 8 nitrogen and oxygen atoms in total.